The largest absolute Gasteiger partial charge is 0.493 e. The molecule has 11 rings (SSSR count). The number of fused-ring (bicyclic) bond motifs is 2. The molecule has 828 valence electrons. The van der Waals surface area contributed by atoms with Gasteiger partial charge in [0.15, 0.2) is 21.7 Å². The second-order valence-electron chi connectivity index (χ2n) is 38.3. The van der Waals surface area contributed by atoms with Gasteiger partial charge in [0.2, 0.25) is 17.7 Å². The Morgan fingerprint density at radius 2 is 0.807 bits per heavy atom. The molecule has 0 radical (unpaired) electrons. The van der Waals surface area contributed by atoms with Crippen LogP contribution in [0.5, 0.6) is 52.0 Å². The number of aryl methyl sites for hydroxylation is 3. The Labute approximate surface area is 900 Å². The lowest BCUT2D eigenvalue weighted by Crippen LogP contribution is -2.35. The number of para-hydroxylation sites is 1. The maximum absolute atomic E-state index is 11.2. The summed E-state index contributed by atoms with van der Waals surface area (Å²) in [5.41, 5.74) is 4.17. The number of carbonyl (C=O) groups is 2. The number of nitrogens with one attached hydrogen (secondary N) is 8. The fourth-order valence-electron chi connectivity index (χ4n) is 12.8. The van der Waals surface area contributed by atoms with Gasteiger partial charge in [0.05, 0.1) is 13.2 Å². The Hall–Kier alpha value is -10.9. The summed E-state index contributed by atoms with van der Waals surface area (Å²) in [5.74, 6) is 6.64. The Kier molecular flexibility index (Phi) is 68.6. The molecule has 8 atom stereocenters. The molecule has 11 aromatic rings. The van der Waals surface area contributed by atoms with Crippen molar-refractivity contribution in [3.05, 3.63) is 248 Å². The van der Waals surface area contributed by atoms with Crippen LogP contribution in [0, 0.1) is 19.8 Å². The number of carbonyl (C=O) groups excluding carboxylic acids is 2. The molecule has 31 nitrogen and oxygen atoms in total. The van der Waals surface area contributed by atoms with E-state index < -0.39 is 48.8 Å². The maximum atomic E-state index is 11.2. The Balaban J connectivity index is 0.000000358. The molecule has 0 aliphatic rings. The molecule has 2 heterocycles. The summed E-state index contributed by atoms with van der Waals surface area (Å²) in [6.07, 6.45) is 6.98. The number of amides is 1. The summed E-state index contributed by atoms with van der Waals surface area (Å²) in [4.78, 5) is 39.4. The molecule has 150 heavy (non-hydrogen) atoms. The average molecular weight is 2120 g/mol. The van der Waals surface area contributed by atoms with Crippen molar-refractivity contribution in [1.82, 2.24) is 57.2 Å². The number of aliphatic hydroxyl groups excluding tert-OH is 8. The molecule has 0 fully saturated rings. The third kappa shape index (κ3) is 62.8. The molecule has 1 amide bonds. The monoisotopic (exact) mass is 2120 g/mol. The Morgan fingerprint density at radius 3 is 1.30 bits per heavy atom. The van der Waals surface area contributed by atoms with E-state index in [2.05, 4.69) is 141 Å². The molecule has 8 unspecified atom stereocenters. The van der Waals surface area contributed by atoms with Crippen LogP contribution in [0.25, 0.3) is 21.5 Å². The third-order valence-corrected chi connectivity index (χ3v) is 22.6. The number of rotatable bonds is 57. The molecule has 16 N–H and O–H groups in total. The van der Waals surface area contributed by atoms with Crippen molar-refractivity contribution in [1.29, 1.82) is 0 Å². The molecular formula is C117H174N12O19S2. The number of aliphatic hydroxyl groups is 8. The van der Waals surface area contributed by atoms with Gasteiger partial charge in [-0.05, 0) is 169 Å². The van der Waals surface area contributed by atoms with Gasteiger partial charge in [0.1, 0.15) is 131 Å². The fourth-order valence-corrected chi connectivity index (χ4v) is 14.0. The Bertz CT molecular complexity index is 5340. The highest BCUT2D eigenvalue weighted by Crippen LogP contribution is 2.33. The number of aldehydes is 1. The van der Waals surface area contributed by atoms with Crippen LogP contribution in [0.3, 0.4) is 0 Å². The maximum Gasteiger partial charge on any atom is 0.247 e. The summed E-state index contributed by atoms with van der Waals surface area (Å²) < 4.78 is 49.7. The molecule has 9 aromatic carbocycles. The van der Waals surface area contributed by atoms with E-state index in [0.29, 0.717) is 186 Å². The Morgan fingerprint density at radius 1 is 0.380 bits per heavy atom. The van der Waals surface area contributed by atoms with Crippen LogP contribution in [0.1, 0.15) is 160 Å². The van der Waals surface area contributed by atoms with E-state index in [1.165, 1.54) is 39.9 Å². The van der Waals surface area contributed by atoms with E-state index in [0.717, 1.165) is 74.6 Å². The van der Waals surface area contributed by atoms with E-state index in [1.54, 1.807) is 56.0 Å². The van der Waals surface area contributed by atoms with Crippen LogP contribution < -0.4 is 85.2 Å². The van der Waals surface area contributed by atoms with E-state index in [-0.39, 0.29) is 25.7 Å². The van der Waals surface area contributed by atoms with Crippen molar-refractivity contribution in [3.63, 3.8) is 0 Å². The summed E-state index contributed by atoms with van der Waals surface area (Å²) in [5, 5.41) is 109. The van der Waals surface area contributed by atoms with Gasteiger partial charge in [-0.25, -0.2) is 15.0 Å². The summed E-state index contributed by atoms with van der Waals surface area (Å²) in [6.45, 7) is 44.6. The zero-order chi connectivity index (χ0) is 110. The number of hydrogen-bond donors (Lipinski definition) is 16. The number of methoxy groups -OCH3 is 1. The normalized spacial score (nSPS) is 12.6. The minimum atomic E-state index is -0.584. The van der Waals surface area contributed by atoms with Crippen molar-refractivity contribution in [2.24, 2.45) is 5.92 Å². The number of benzene rings is 9. The van der Waals surface area contributed by atoms with Crippen LogP contribution in [-0.2, 0) is 16.0 Å². The van der Waals surface area contributed by atoms with Gasteiger partial charge < -0.3 is 131 Å². The first-order chi connectivity index (χ1) is 71.8. The summed E-state index contributed by atoms with van der Waals surface area (Å²) in [6, 6.07) is 70.5. The average Bonchev–Trinajstić information content (AvgIpc) is 0.806. The highest BCUT2D eigenvalue weighted by molar-refractivity contribution is 7.99. The van der Waals surface area contributed by atoms with E-state index in [1.807, 2.05) is 241 Å². The molecule has 0 aliphatic carbocycles. The molecule has 0 aliphatic heterocycles. The molecular weight excluding hydrogens is 1940 g/mol. The van der Waals surface area contributed by atoms with Crippen LogP contribution >= 0.6 is 23.5 Å². The van der Waals surface area contributed by atoms with Crippen LogP contribution in [0.15, 0.2) is 246 Å². The van der Waals surface area contributed by atoms with Crippen LogP contribution in [-0.4, -0.2) is 276 Å². The van der Waals surface area contributed by atoms with Crippen LogP contribution in [0.2, 0.25) is 0 Å². The number of aromatic nitrogens is 4. The van der Waals surface area contributed by atoms with Gasteiger partial charge in [0, 0.05) is 142 Å². The third-order valence-electron chi connectivity index (χ3n) is 21.1. The van der Waals surface area contributed by atoms with Gasteiger partial charge in [-0.15, -0.1) is 0 Å². The number of nitrogens with zero attached hydrogens (tertiary/aromatic N) is 4. The smallest absolute Gasteiger partial charge is 0.247 e. The zero-order valence-electron chi connectivity index (χ0n) is 92.1. The summed E-state index contributed by atoms with van der Waals surface area (Å²) in [7, 11) is 1.57. The molecule has 0 saturated heterocycles. The van der Waals surface area contributed by atoms with Crippen LogP contribution in [0.4, 0.5) is 5.69 Å². The summed E-state index contributed by atoms with van der Waals surface area (Å²) >= 11 is 2.94. The van der Waals surface area contributed by atoms with Gasteiger partial charge in [-0.3, -0.25) is 4.79 Å². The van der Waals surface area contributed by atoms with Gasteiger partial charge in [-0.1, -0.05) is 256 Å². The fraction of sp³-hybridized carbons (Fsp3) is 0.487. The van der Waals surface area contributed by atoms with Crippen molar-refractivity contribution in [2.45, 2.75) is 270 Å². The topological polar surface area (TPSA) is 427 Å². The SMILES string of the molecule is CC(C)NCC(O)COc1ccc2ccccc2c1.CC(C)NCC(O)COc1ccccc1.CC(C)NCC(O)COc1nccnc1Sc1ccccc1.CCC(=O)Nc1ccc(OCC(O)CCC(C)C)cc1.COc1cc(CCC=O)ccc1OCC(O)CNC(C)C.CSc1nccc(OCC(O)CNC(C)C)n1.Cc1ccc(OCC(O)CNC(C)C)c2ccccc12.Cc1cccc(OCC(O)CNC(C)C)c1. The van der Waals surface area contributed by atoms with Crippen molar-refractivity contribution in [3.8, 4) is 52.0 Å². The first-order valence-corrected chi connectivity index (χ1v) is 54.0. The van der Waals surface area contributed by atoms with Gasteiger partial charge in [-0.2, -0.15) is 4.98 Å². The van der Waals surface area contributed by atoms with Gasteiger partial charge in [0.25, 0.3) is 0 Å². The lowest BCUT2D eigenvalue weighted by atomic mass is 10.0. The number of hydrogen-bond acceptors (Lipinski definition) is 32. The minimum Gasteiger partial charge on any atom is -0.493 e. The van der Waals surface area contributed by atoms with E-state index in [9.17, 15) is 50.4 Å². The first kappa shape index (κ1) is 131. The molecule has 2 aromatic heterocycles. The molecule has 33 heteroatoms. The van der Waals surface area contributed by atoms with Crippen molar-refractivity contribution in [2.75, 3.05) is 117 Å². The molecule has 0 spiro atoms. The second-order valence-corrected chi connectivity index (χ2v) is 40.1. The second kappa shape index (κ2) is 78.3. The molecule has 0 saturated carbocycles. The van der Waals surface area contributed by atoms with E-state index >= 15 is 0 Å². The minimum absolute atomic E-state index is 0.0113. The molecule has 0 bridgehead atoms. The highest BCUT2D eigenvalue weighted by Gasteiger charge is 2.18. The number of thioether (sulfide) groups is 1. The van der Waals surface area contributed by atoms with Gasteiger partial charge >= 0.3 is 0 Å². The van der Waals surface area contributed by atoms with Crippen molar-refractivity contribution < 1.29 is 93.1 Å². The number of anilines is 1. The standard InChI is InChI=1S/C17H23NO2.C16H21N3O2S.C16H25NO4.C16H25NO3.C16H21NO2.C13H21NO2.C12H19NO2.C11H19N3O2S/c1-12(2)18-10-14(19)11-20-17-9-8-13(3)15-6-4-5-7-16(15)17;1-12(2)19-10-13(20)11-21-15-16(18-9-8-17-15)22-14-6-4-3-5-7-14;1-12(2)17-10-14(19)11-21-15-7-6-13(5-4-8-18)9-16(15)20-3;1-4-16(19)17-13-6-9-15(10-7-13)20-11-14(18)8-5-12(2)3;1-12(2)17-10-15(18)11-19-16-8-7-13-5-3-4-6-14(13)9-16;1-10(2)14-8-12(15)9-16-13-6-4-5-11(3)7-13;1-10(2)13-8-11(14)9-15-12-6-4-3-5-7-12;1-8(2)13-6-9(15)7-16-10-4-5-12-11(14-10)17-3/h4-9,12,14,18-19H,10-11H2,1-3H3;3-9,12-13,19-20H,10-11H2,1-2H3;6-9,12,14,17,19H,4-5,10-11H2,1-3H3;6-7,9-10,12,14,18H,4-5,8,11H2,1-3H3,(H,17,19);3-9,12,15,17-18H,10-11H2,1-2H3;4-7,10,12,14-15H,8-9H2,1-3H3;3-7,10-11,13-14H,8-9H2,1-2H3;4-5,8-9,13,15H,6-7H2,1-3H3. The van der Waals surface area contributed by atoms with Crippen molar-refractivity contribution >= 4 is 62.9 Å². The predicted molar refractivity (Wildman–Crippen MR) is 607 cm³/mol. The number of ether oxygens (including phenoxy) is 9. The lowest BCUT2D eigenvalue weighted by molar-refractivity contribution is -0.116. The predicted octanol–water partition coefficient (Wildman–Crippen LogP) is 16.7. The lowest BCUT2D eigenvalue weighted by Gasteiger charge is -2.16. The zero-order valence-corrected chi connectivity index (χ0v) is 93.7. The highest BCUT2D eigenvalue weighted by atomic mass is 32.2. The quantitative estimate of drug-likeness (QED) is 0.00956. The van der Waals surface area contributed by atoms with E-state index in [4.69, 9.17) is 42.6 Å². The first-order valence-electron chi connectivity index (χ1n) is 51.9.